The second kappa shape index (κ2) is 5.54. The van der Waals surface area contributed by atoms with Crippen LogP contribution in [0, 0.1) is 18.8 Å². The fourth-order valence-corrected chi connectivity index (χ4v) is 3.85. The zero-order valence-corrected chi connectivity index (χ0v) is 14.7. The summed E-state index contributed by atoms with van der Waals surface area (Å²) in [6.07, 6.45) is 2.20. The molecule has 2 aliphatic rings. The Kier molecular flexibility index (Phi) is 3.56. The van der Waals surface area contributed by atoms with Crippen molar-refractivity contribution in [3.63, 3.8) is 0 Å². The molecule has 3 heterocycles. The third kappa shape index (κ3) is 2.58. The first-order valence-corrected chi connectivity index (χ1v) is 8.73. The number of aliphatic carboxylic acids is 1. The van der Waals surface area contributed by atoms with Crippen LogP contribution < -0.4 is 0 Å². The quantitative estimate of drug-likeness (QED) is 0.921. The lowest BCUT2D eigenvalue weighted by Gasteiger charge is -2.17. The topological polar surface area (TPSA) is 88.3 Å². The van der Waals surface area contributed by atoms with Gasteiger partial charge in [0.2, 0.25) is 0 Å². The van der Waals surface area contributed by atoms with Gasteiger partial charge >= 0.3 is 5.97 Å². The Morgan fingerprint density at radius 3 is 2.60 bits per heavy atom. The Morgan fingerprint density at radius 1 is 1.28 bits per heavy atom. The van der Waals surface area contributed by atoms with E-state index in [2.05, 4.69) is 5.10 Å². The number of nitrogens with zero attached hydrogens (tertiary/aromatic N) is 4. The monoisotopic (exact) mass is 342 g/mol. The third-order valence-electron chi connectivity index (χ3n) is 5.43. The second-order valence-electron chi connectivity index (χ2n) is 7.41. The maximum atomic E-state index is 13.2. The molecule has 1 N–H and O–H groups in total. The Labute approximate surface area is 145 Å². The number of carboxylic acid groups (broad SMARTS) is 1. The highest BCUT2D eigenvalue weighted by molar-refractivity contribution is 6.06. The zero-order valence-electron chi connectivity index (χ0n) is 14.7. The van der Waals surface area contributed by atoms with Crippen LogP contribution in [0.4, 0.5) is 0 Å². The third-order valence-corrected chi connectivity index (χ3v) is 5.43. The molecular formula is C18H22N4O3. The van der Waals surface area contributed by atoms with Gasteiger partial charge in [-0.2, -0.15) is 5.10 Å². The predicted octanol–water partition coefficient (Wildman–Crippen LogP) is 1.95. The fourth-order valence-electron chi connectivity index (χ4n) is 3.85. The van der Waals surface area contributed by atoms with Crippen molar-refractivity contribution in [2.75, 3.05) is 13.1 Å². The van der Waals surface area contributed by atoms with E-state index in [-0.39, 0.29) is 18.4 Å². The molecule has 0 spiro atoms. The van der Waals surface area contributed by atoms with E-state index >= 15 is 0 Å². The zero-order chi connectivity index (χ0) is 17.9. The molecule has 0 bridgehead atoms. The van der Waals surface area contributed by atoms with Crippen molar-refractivity contribution in [1.82, 2.24) is 19.7 Å². The number of aryl methyl sites for hydroxylation is 2. The summed E-state index contributed by atoms with van der Waals surface area (Å²) in [6, 6.07) is 1.90. The van der Waals surface area contributed by atoms with Gasteiger partial charge in [0.15, 0.2) is 5.65 Å². The normalized spacial score (nSPS) is 23.4. The maximum absolute atomic E-state index is 13.2. The second-order valence-corrected chi connectivity index (χ2v) is 7.41. The molecule has 1 aliphatic heterocycles. The number of hydrogen-bond acceptors (Lipinski definition) is 4. The number of likely N-dealkylation sites (tertiary alicyclic amines) is 1. The van der Waals surface area contributed by atoms with Gasteiger partial charge in [-0.05, 0) is 31.7 Å². The van der Waals surface area contributed by atoms with Crippen LogP contribution >= 0.6 is 0 Å². The van der Waals surface area contributed by atoms with Crippen LogP contribution in [-0.2, 0) is 11.8 Å². The van der Waals surface area contributed by atoms with Gasteiger partial charge in [-0.3, -0.25) is 14.3 Å². The molecule has 2 aromatic heterocycles. The highest BCUT2D eigenvalue weighted by Crippen LogP contribution is 2.40. The number of rotatable bonds is 3. The van der Waals surface area contributed by atoms with E-state index in [1.54, 1.807) is 9.58 Å². The van der Waals surface area contributed by atoms with Crippen LogP contribution in [0.2, 0.25) is 0 Å². The Hall–Kier alpha value is -2.44. The van der Waals surface area contributed by atoms with Crippen molar-refractivity contribution in [3.05, 3.63) is 23.0 Å². The van der Waals surface area contributed by atoms with E-state index < -0.39 is 11.9 Å². The highest BCUT2D eigenvalue weighted by atomic mass is 16.4. The molecule has 7 heteroatoms. The summed E-state index contributed by atoms with van der Waals surface area (Å²) in [7, 11) is 1.84. The van der Waals surface area contributed by atoms with E-state index in [1.807, 2.05) is 27.0 Å². The molecule has 0 unspecified atom stereocenters. The van der Waals surface area contributed by atoms with E-state index in [0.29, 0.717) is 18.0 Å². The van der Waals surface area contributed by atoms with Crippen LogP contribution in [-0.4, -0.2) is 49.7 Å². The summed E-state index contributed by atoms with van der Waals surface area (Å²) in [5.74, 6) is -1.06. The van der Waals surface area contributed by atoms with E-state index in [1.165, 1.54) is 0 Å². The molecule has 7 nitrogen and oxygen atoms in total. The van der Waals surface area contributed by atoms with Gasteiger partial charge in [0.1, 0.15) is 0 Å². The van der Waals surface area contributed by atoms with Gasteiger partial charge < -0.3 is 10.0 Å². The summed E-state index contributed by atoms with van der Waals surface area (Å²) in [5, 5.41) is 14.5. The summed E-state index contributed by atoms with van der Waals surface area (Å²) in [6.45, 7) is 4.50. The van der Waals surface area contributed by atoms with Gasteiger partial charge in [0.25, 0.3) is 5.91 Å². The summed E-state index contributed by atoms with van der Waals surface area (Å²) >= 11 is 0. The summed E-state index contributed by atoms with van der Waals surface area (Å²) in [5.41, 5.74) is 3.06. The molecule has 1 saturated heterocycles. The number of hydrogen-bond donors (Lipinski definition) is 1. The smallest absolute Gasteiger partial charge is 0.308 e. The summed E-state index contributed by atoms with van der Waals surface area (Å²) < 4.78 is 1.72. The van der Waals surface area contributed by atoms with Crippen molar-refractivity contribution in [2.24, 2.45) is 18.9 Å². The van der Waals surface area contributed by atoms with Crippen LogP contribution in [0.15, 0.2) is 6.07 Å². The van der Waals surface area contributed by atoms with Crippen LogP contribution in [0.1, 0.15) is 47.4 Å². The Balaban J connectivity index is 1.77. The predicted molar refractivity (Wildman–Crippen MR) is 91.4 cm³/mol. The average Bonchev–Trinajstić information content (AvgIpc) is 3.28. The molecule has 4 rings (SSSR count). The molecule has 132 valence electrons. The van der Waals surface area contributed by atoms with Gasteiger partial charge in [0, 0.05) is 31.7 Å². The van der Waals surface area contributed by atoms with Crippen LogP contribution in [0.5, 0.6) is 0 Å². The first-order chi connectivity index (χ1) is 11.9. The molecule has 2 aromatic rings. The number of amides is 1. The van der Waals surface area contributed by atoms with E-state index in [0.717, 1.165) is 35.3 Å². The van der Waals surface area contributed by atoms with Gasteiger partial charge in [-0.1, -0.05) is 6.92 Å². The maximum Gasteiger partial charge on any atom is 0.308 e. The minimum atomic E-state index is -0.834. The first-order valence-electron chi connectivity index (χ1n) is 8.73. The highest BCUT2D eigenvalue weighted by Gasteiger charge is 2.38. The Bertz CT molecular complexity index is 884. The number of aromatic nitrogens is 3. The van der Waals surface area contributed by atoms with Crippen LogP contribution in [0.3, 0.4) is 0 Å². The average molecular weight is 342 g/mol. The molecule has 2 atom stereocenters. The molecule has 25 heavy (non-hydrogen) atoms. The number of carbonyl (C=O) groups excluding carboxylic acids is 1. The molecule has 0 aromatic carbocycles. The lowest BCUT2D eigenvalue weighted by molar-refractivity contribution is -0.142. The molecule has 2 fully saturated rings. The largest absolute Gasteiger partial charge is 0.481 e. The molecule has 1 aliphatic carbocycles. The van der Waals surface area contributed by atoms with Gasteiger partial charge in [0.05, 0.1) is 22.6 Å². The van der Waals surface area contributed by atoms with Crippen molar-refractivity contribution in [3.8, 4) is 0 Å². The molecule has 0 radical (unpaired) electrons. The minimum absolute atomic E-state index is 0.0447. The first kappa shape index (κ1) is 16.1. The number of pyridine rings is 1. The van der Waals surface area contributed by atoms with Crippen LogP contribution in [0.25, 0.3) is 11.0 Å². The lowest BCUT2D eigenvalue weighted by Crippen LogP contribution is -2.30. The van der Waals surface area contributed by atoms with Crippen molar-refractivity contribution < 1.29 is 14.7 Å². The molecule has 1 saturated carbocycles. The fraction of sp³-hybridized carbons (Fsp3) is 0.556. The SMILES string of the molecule is Cc1nn(C)c2nc(C3CC3)cc(C(=O)N3C[C@@H](C)[C@H](C(=O)O)C3)c12. The number of carbonyl (C=O) groups is 2. The Morgan fingerprint density at radius 2 is 2.00 bits per heavy atom. The number of carboxylic acids is 1. The minimum Gasteiger partial charge on any atom is -0.481 e. The van der Waals surface area contributed by atoms with Gasteiger partial charge in [-0.15, -0.1) is 0 Å². The van der Waals surface area contributed by atoms with Crippen molar-refractivity contribution in [2.45, 2.75) is 32.6 Å². The number of fused-ring (bicyclic) bond motifs is 1. The van der Waals surface area contributed by atoms with Crippen molar-refractivity contribution >= 4 is 22.9 Å². The standard InChI is InChI=1S/C18H22N4O3/c1-9-7-22(8-13(9)18(24)25)17(23)12-6-14(11-4-5-11)19-16-15(12)10(2)20-21(16)3/h6,9,11,13H,4-5,7-8H2,1-3H3,(H,24,25)/t9-,13-/m1/s1. The molecule has 1 amide bonds. The summed E-state index contributed by atoms with van der Waals surface area (Å²) in [4.78, 5) is 31.0. The lowest BCUT2D eigenvalue weighted by atomic mass is 9.99. The van der Waals surface area contributed by atoms with E-state index in [4.69, 9.17) is 4.98 Å². The molecular weight excluding hydrogens is 320 g/mol. The van der Waals surface area contributed by atoms with E-state index in [9.17, 15) is 14.7 Å². The van der Waals surface area contributed by atoms with Crippen molar-refractivity contribution in [1.29, 1.82) is 0 Å². The van der Waals surface area contributed by atoms with Gasteiger partial charge in [-0.25, -0.2) is 4.98 Å².